The van der Waals surface area contributed by atoms with Crippen molar-refractivity contribution in [1.29, 1.82) is 0 Å². The Morgan fingerprint density at radius 2 is 0.397 bits per heavy atom. The highest BCUT2D eigenvalue weighted by Crippen LogP contribution is 2.17. The normalized spacial score (nSPS) is 12.0. The first kappa shape index (κ1) is 74.3. The van der Waals surface area contributed by atoms with E-state index in [0.29, 0.717) is 0 Å². The molecule has 6 N–H and O–H groups in total. The lowest BCUT2D eigenvalue weighted by Crippen LogP contribution is -2.52. The third kappa shape index (κ3) is 53.5. The molecule has 0 unspecified atom stereocenters. The monoisotopic (exact) mass is 1000 g/mol. The Morgan fingerprint density at radius 1 is 0.265 bits per heavy atom. The number of aliphatic hydroxyl groups is 6. The van der Waals surface area contributed by atoms with Crippen LogP contribution >= 0.6 is 7.82 Å². The van der Waals surface area contributed by atoms with Gasteiger partial charge in [0.25, 0.3) is 0 Å². The number of phosphoric acid groups is 1. The fourth-order valence-corrected chi connectivity index (χ4v) is 9.51. The van der Waals surface area contributed by atoms with Gasteiger partial charge >= 0.3 is 0 Å². The zero-order valence-electron chi connectivity index (χ0n) is 46.0. The first-order chi connectivity index (χ1) is 32.7. The number of hydrogen-bond acceptors (Lipinski definition) is 10. The van der Waals surface area contributed by atoms with E-state index < -0.39 is 7.82 Å². The van der Waals surface area contributed by atoms with E-state index in [1.165, 1.54) is 193 Å². The van der Waals surface area contributed by atoms with Crippen molar-refractivity contribution in [2.75, 3.05) is 118 Å². The second-order valence-corrected chi connectivity index (χ2v) is 20.7. The van der Waals surface area contributed by atoms with Gasteiger partial charge < -0.3 is 63.3 Å². The van der Waals surface area contributed by atoms with Crippen LogP contribution in [0.3, 0.4) is 0 Å². The first-order valence-electron chi connectivity index (χ1n) is 28.7. The molecule has 0 radical (unpaired) electrons. The minimum absolute atomic E-state index is 0.228. The molecular weight excluding hydrogens is 882 g/mol. The summed E-state index contributed by atoms with van der Waals surface area (Å²) < 4.78 is 11.2. The van der Waals surface area contributed by atoms with Crippen molar-refractivity contribution >= 4 is 7.82 Å². The highest BCUT2D eigenvalue weighted by Gasteiger charge is 2.25. The van der Waals surface area contributed by atoms with Gasteiger partial charge in [0.2, 0.25) is 0 Å². The quantitative estimate of drug-likeness (QED) is 0.0195. The smallest absolute Gasteiger partial charge is 0.102 e. The SMILES string of the molecule is CCCCCCCCCCCC[N+](CC)(CCO)CCO.CCCCCCCCCCCC[N+](CC)(CCO)CCO.CCCCCCCCCCCC[N+](CC)(CCO)CCO.O=P([O-])([O-])[O-]. The second kappa shape index (κ2) is 56.1. The van der Waals surface area contributed by atoms with Crippen molar-refractivity contribution in [3.05, 3.63) is 0 Å². The Balaban J connectivity index is -0.000000429. The average molecular weight is 1000 g/mol. The van der Waals surface area contributed by atoms with E-state index >= 15 is 0 Å². The van der Waals surface area contributed by atoms with Gasteiger partial charge in [-0.25, -0.2) is 0 Å². The van der Waals surface area contributed by atoms with E-state index in [1.54, 1.807) is 0 Å². The molecule has 0 bridgehead atoms. The summed E-state index contributed by atoms with van der Waals surface area (Å²) in [5.74, 6) is 0. The van der Waals surface area contributed by atoms with Gasteiger partial charge in [-0.1, -0.05) is 175 Å². The largest absolute Gasteiger partial charge is 0.822 e. The molecule has 0 aliphatic rings. The molecule has 0 aromatic heterocycles. The molecule has 13 nitrogen and oxygen atoms in total. The molecule has 0 aliphatic heterocycles. The Hall–Kier alpha value is -0.250. The predicted octanol–water partition coefficient (Wildman–Crippen LogP) is 8.36. The highest BCUT2D eigenvalue weighted by atomic mass is 31.2. The third-order valence-electron chi connectivity index (χ3n) is 14.4. The maximum Gasteiger partial charge on any atom is 0.102 e. The standard InChI is InChI=1S/3C18H40NO2.H3O4P/c3*1-3-5-6-7-8-9-10-11-12-13-14-19(4-2,15-17-20)16-18-21;1-5(2,3)4/h3*20-21H,3-18H2,1-2H3;(H3,1,2,3,4)/q3*+1;/p-3. The summed E-state index contributed by atoms with van der Waals surface area (Å²) in [7, 11) is -5.39. The van der Waals surface area contributed by atoms with Crippen molar-refractivity contribution < 1.29 is 63.3 Å². The number of likely N-dealkylation sites (N-methyl/N-ethyl adjacent to an activating group) is 3. The maximum atomic E-state index is 9.22. The van der Waals surface area contributed by atoms with Gasteiger partial charge in [-0.3, -0.25) is 0 Å². The van der Waals surface area contributed by atoms with Gasteiger partial charge in [0.15, 0.2) is 0 Å². The molecule has 0 fully saturated rings. The molecule has 0 spiro atoms. The summed E-state index contributed by atoms with van der Waals surface area (Å²) in [5, 5.41) is 55.3. The topological polar surface area (TPSA) is 208 Å². The average Bonchev–Trinajstić information content (AvgIpc) is 3.31. The summed E-state index contributed by atoms with van der Waals surface area (Å²) in [4.78, 5) is 25.6. The maximum absolute atomic E-state index is 9.22. The van der Waals surface area contributed by atoms with Crippen LogP contribution < -0.4 is 14.7 Å². The van der Waals surface area contributed by atoms with Crippen LogP contribution in [0.25, 0.3) is 0 Å². The van der Waals surface area contributed by atoms with Crippen LogP contribution in [0.4, 0.5) is 0 Å². The molecule has 0 saturated heterocycles. The summed E-state index contributed by atoms with van der Waals surface area (Å²) in [6.45, 7) is 25.7. The molecule has 0 heterocycles. The predicted molar refractivity (Wildman–Crippen MR) is 282 cm³/mol. The fraction of sp³-hybridized carbons (Fsp3) is 1.00. The van der Waals surface area contributed by atoms with E-state index in [9.17, 15) is 30.6 Å². The van der Waals surface area contributed by atoms with Crippen LogP contribution in [0.15, 0.2) is 0 Å². The number of quaternary nitrogens is 3. The zero-order chi connectivity index (χ0) is 51.9. The number of aliphatic hydroxyl groups excluding tert-OH is 6. The highest BCUT2D eigenvalue weighted by molar-refractivity contribution is 7.40. The fourth-order valence-electron chi connectivity index (χ4n) is 9.51. The molecule has 416 valence electrons. The van der Waals surface area contributed by atoms with Gasteiger partial charge in [0.05, 0.1) is 78.9 Å². The molecule has 0 atom stereocenters. The molecule has 0 aliphatic carbocycles. The first-order valence-corrected chi connectivity index (χ1v) is 30.1. The molecule has 0 aromatic carbocycles. The number of hydrogen-bond donors (Lipinski definition) is 6. The molecule has 0 saturated carbocycles. The van der Waals surface area contributed by atoms with E-state index in [0.717, 1.165) is 92.0 Å². The van der Waals surface area contributed by atoms with E-state index in [4.69, 9.17) is 19.2 Å². The molecular formula is C54H120N3O10P. The zero-order valence-corrected chi connectivity index (χ0v) is 46.9. The summed E-state index contributed by atoms with van der Waals surface area (Å²) in [6.07, 6.45) is 40.8. The number of unbranched alkanes of at least 4 members (excludes halogenated alkanes) is 27. The van der Waals surface area contributed by atoms with Crippen LogP contribution in [-0.2, 0) is 4.57 Å². The van der Waals surface area contributed by atoms with Crippen LogP contribution in [0.5, 0.6) is 0 Å². The molecule has 0 amide bonds. The molecule has 14 heteroatoms. The van der Waals surface area contributed by atoms with Crippen LogP contribution in [0.1, 0.15) is 234 Å². The minimum atomic E-state index is -5.39. The van der Waals surface area contributed by atoms with Gasteiger partial charge in [0, 0.05) is 0 Å². The summed E-state index contributed by atoms with van der Waals surface area (Å²) >= 11 is 0. The van der Waals surface area contributed by atoms with Crippen molar-refractivity contribution in [3.8, 4) is 0 Å². The minimum Gasteiger partial charge on any atom is -0.822 e. The Kier molecular flexibility index (Phi) is 61.2. The number of rotatable bonds is 48. The van der Waals surface area contributed by atoms with Gasteiger partial charge in [-0.05, 0) is 59.3 Å². The van der Waals surface area contributed by atoms with Crippen molar-refractivity contribution in [2.45, 2.75) is 234 Å². The summed E-state index contributed by atoms with van der Waals surface area (Å²) in [5.41, 5.74) is 0. The van der Waals surface area contributed by atoms with Crippen molar-refractivity contribution in [2.24, 2.45) is 0 Å². The Labute approximate surface area is 422 Å². The molecule has 68 heavy (non-hydrogen) atoms. The van der Waals surface area contributed by atoms with E-state index in [-0.39, 0.29) is 39.6 Å². The Morgan fingerprint density at radius 3 is 0.515 bits per heavy atom. The van der Waals surface area contributed by atoms with Crippen LogP contribution in [0.2, 0.25) is 0 Å². The lowest BCUT2D eigenvalue weighted by molar-refractivity contribution is -0.927. The van der Waals surface area contributed by atoms with E-state index in [1.807, 2.05) is 0 Å². The number of nitrogens with zero attached hydrogens (tertiary/aromatic N) is 3. The third-order valence-corrected chi connectivity index (χ3v) is 14.4. The Bertz CT molecular complexity index is 866. The summed E-state index contributed by atoms with van der Waals surface area (Å²) in [6, 6.07) is 0. The molecule has 0 aromatic rings. The van der Waals surface area contributed by atoms with E-state index in [2.05, 4.69) is 41.5 Å². The van der Waals surface area contributed by atoms with Gasteiger partial charge in [-0.2, -0.15) is 7.82 Å². The van der Waals surface area contributed by atoms with Crippen LogP contribution in [0, 0.1) is 0 Å². The van der Waals surface area contributed by atoms with Gasteiger partial charge in [-0.15, -0.1) is 0 Å². The lowest BCUT2D eigenvalue weighted by Gasteiger charge is -2.37. The van der Waals surface area contributed by atoms with Crippen LogP contribution in [-0.4, -0.2) is 162 Å². The van der Waals surface area contributed by atoms with Gasteiger partial charge in [0.1, 0.15) is 39.3 Å². The molecule has 0 rings (SSSR count). The van der Waals surface area contributed by atoms with Crippen molar-refractivity contribution in [1.82, 2.24) is 0 Å². The van der Waals surface area contributed by atoms with Crippen molar-refractivity contribution in [3.63, 3.8) is 0 Å². The second-order valence-electron chi connectivity index (χ2n) is 19.8. The lowest BCUT2D eigenvalue weighted by atomic mass is 10.1.